The van der Waals surface area contributed by atoms with Crippen LogP contribution in [0.25, 0.3) is 0 Å². The van der Waals surface area contributed by atoms with Crippen molar-refractivity contribution in [3.8, 4) is 0 Å². The van der Waals surface area contributed by atoms with Crippen molar-refractivity contribution < 1.29 is 0 Å². The minimum absolute atomic E-state index is 0.288. The Bertz CT molecular complexity index is 202. The molecule has 2 N–H and O–H groups in total. The Labute approximate surface area is 103 Å². The van der Waals surface area contributed by atoms with Crippen molar-refractivity contribution in [3.63, 3.8) is 0 Å². The van der Waals surface area contributed by atoms with Gasteiger partial charge in [-0.15, -0.1) is 0 Å². The van der Waals surface area contributed by atoms with Gasteiger partial charge in [0.1, 0.15) is 0 Å². The van der Waals surface area contributed by atoms with E-state index in [-0.39, 0.29) is 6.04 Å². The molecule has 4 unspecified atom stereocenters. The number of hydrogen-bond acceptors (Lipinski definition) is 1. The molecule has 0 spiro atoms. The van der Waals surface area contributed by atoms with E-state index < -0.39 is 0 Å². The van der Waals surface area contributed by atoms with Crippen molar-refractivity contribution >= 4 is 0 Å². The maximum atomic E-state index is 6.05. The van der Waals surface area contributed by atoms with Gasteiger partial charge in [-0.1, -0.05) is 54.9 Å². The van der Waals surface area contributed by atoms with Gasteiger partial charge >= 0.3 is 0 Å². The highest BCUT2D eigenvalue weighted by Gasteiger charge is 2.43. The Hall–Kier alpha value is -0.0400. The van der Waals surface area contributed by atoms with E-state index in [1.54, 1.807) is 0 Å². The summed E-state index contributed by atoms with van der Waals surface area (Å²) in [7, 11) is 0. The molecule has 0 saturated carbocycles. The Balaban J connectivity index is 5.07. The first kappa shape index (κ1) is 16.0. The van der Waals surface area contributed by atoms with E-state index in [9.17, 15) is 0 Å². The van der Waals surface area contributed by atoms with Crippen molar-refractivity contribution in [1.82, 2.24) is 0 Å². The monoisotopic (exact) mass is 227 g/mol. The van der Waals surface area contributed by atoms with Crippen LogP contribution in [0.4, 0.5) is 0 Å². The second-order valence-corrected chi connectivity index (χ2v) is 7.02. The number of nitrogens with two attached hydrogens (primary N) is 1. The molecule has 0 aliphatic rings. The molecule has 0 aromatic carbocycles. The second kappa shape index (κ2) is 5.53. The van der Waals surface area contributed by atoms with Crippen LogP contribution in [0.2, 0.25) is 0 Å². The Morgan fingerprint density at radius 3 is 1.69 bits per heavy atom. The predicted molar refractivity (Wildman–Crippen MR) is 74.4 cm³/mol. The molecule has 0 amide bonds. The molecule has 0 fully saturated rings. The van der Waals surface area contributed by atoms with E-state index in [4.69, 9.17) is 5.73 Å². The topological polar surface area (TPSA) is 26.0 Å². The first-order chi connectivity index (χ1) is 7.06. The molecule has 0 bridgehead atoms. The van der Waals surface area contributed by atoms with Crippen molar-refractivity contribution in [3.05, 3.63) is 0 Å². The first-order valence-electron chi connectivity index (χ1n) is 6.81. The van der Waals surface area contributed by atoms with Gasteiger partial charge in [0, 0.05) is 6.04 Å². The highest BCUT2D eigenvalue weighted by Crippen LogP contribution is 2.50. The lowest BCUT2D eigenvalue weighted by atomic mass is 9.56. The molecular formula is C15H33N. The molecule has 0 aliphatic carbocycles. The minimum atomic E-state index is 0.288. The summed E-state index contributed by atoms with van der Waals surface area (Å²) in [6, 6.07) is 0.288. The zero-order chi connectivity index (χ0) is 13.1. The van der Waals surface area contributed by atoms with Crippen molar-refractivity contribution in [2.75, 3.05) is 0 Å². The molecule has 0 saturated heterocycles. The molecule has 0 radical (unpaired) electrons. The summed E-state index contributed by atoms with van der Waals surface area (Å²) >= 11 is 0. The Morgan fingerprint density at radius 2 is 1.44 bits per heavy atom. The van der Waals surface area contributed by atoms with Crippen LogP contribution in [-0.4, -0.2) is 6.04 Å². The quantitative estimate of drug-likeness (QED) is 0.737. The van der Waals surface area contributed by atoms with Gasteiger partial charge in [0.05, 0.1) is 0 Å². The van der Waals surface area contributed by atoms with Crippen LogP contribution in [0, 0.1) is 22.7 Å². The molecule has 0 aliphatic heterocycles. The van der Waals surface area contributed by atoms with Gasteiger partial charge in [0.15, 0.2) is 0 Å². The Kier molecular flexibility index (Phi) is 5.52. The van der Waals surface area contributed by atoms with Gasteiger partial charge in [-0.3, -0.25) is 0 Å². The number of rotatable bonds is 5. The Morgan fingerprint density at radius 1 is 1.00 bits per heavy atom. The third kappa shape index (κ3) is 3.48. The van der Waals surface area contributed by atoms with Crippen LogP contribution >= 0.6 is 0 Å². The van der Waals surface area contributed by atoms with Crippen LogP contribution in [0.1, 0.15) is 68.2 Å². The van der Waals surface area contributed by atoms with Gasteiger partial charge in [-0.05, 0) is 36.0 Å². The third-order valence-electron chi connectivity index (χ3n) is 4.96. The fraction of sp³-hybridized carbons (Fsp3) is 1.00. The van der Waals surface area contributed by atoms with Gasteiger partial charge in [0.2, 0.25) is 0 Å². The van der Waals surface area contributed by atoms with E-state index in [2.05, 4.69) is 55.4 Å². The lowest BCUT2D eigenvalue weighted by molar-refractivity contribution is 0.000919. The summed E-state index contributed by atoms with van der Waals surface area (Å²) in [5.74, 6) is 1.48. The molecule has 0 aromatic heterocycles. The van der Waals surface area contributed by atoms with Gasteiger partial charge in [-0.2, -0.15) is 0 Å². The van der Waals surface area contributed by atoms with Gasteiger partial charge in [-0.25, -0.2) is 0 Å². The SMILES string of the molecule is CCC(C)C(C)C(C)(CC(C)N)C(C)(C)C. The third-order valence-corrected chi connectivity index (χ3v) is 4.96. The van der Waals surface area contributed by atoms with E-state index in [0.29, 0.717) is 16.7 Å². The van der Waals surface area contributed by atoms with Crippen LogP contribution in [-0.2, 0) is 0 Å². The average Bonchev–Trinajstić information content (AvgIpc) is 2.12. The van der Waals surface area contributed by atoms with Crippen LogP contribution in [0.5, 0.6) is 0 Å². The summed E-state index contributed by atoms with van der Waals surface area (Å²) in [5.41, 5.74) is 6.68. The van der Waals surface area contributed by atoms with Crippen LogP contribution in [0.3, 0.4) is 0 Å². The van der Waals surface area contributed by atoms with E-state index in [0.717, 1.165) is 12.3 Å². The minimum Gasteiger partial charge on any atom is -0.328 e. The lowest BCUT2D eigenvalue weighted by Gasteiger charge is -2.50. The summed E-state index contributed by atoms with van der Waals surface area (Å²) < 4.78 is 0. The second-order valence-electron chi connectivity index (χ2n) is 7.02. The van der Waals surface area contributed by atoms with Crippen molar-refractivity contribution in [2.24, 2.45) is 28.4 Å². The fourth-order valence-electron chi connectivity index (χ4n) is 2.83. The fourth-order valence-corrected chi connectivity index (χ4v) is 2.83. The van der Waals surface area contributed by atoms with Crippen LogP contribution in [0.15, 0.2) is 0 Å². The predicted octanol–water partition coefficient (Wildman–Crippen LogP) is 4.46. The van der Waals surface area contributed by atoms with Gasteiger partial charge < -0.3 is 5.73 Å². The summed E-state index contributed by atoms with van der Waals surface area (Å²) in [5, 5.41) is 0. The van der Waals surface area contributed by atoms with Crippen molar-refractivity contribution in [1.29, 1.82) is 0 Å². The normalized spacial score (nSPS) is 22.3. The van der Waals surface area contributed by atoms with E-state index in [1.807, 2.05) is 0 Å². The molecule has 98 valence electrons. The highest BCUT2D eigenvalue weighted by atomic mass is 14.6. The van der Waals surface area contributed by atoms with E-state index >= 15 is 0 Å². The molecule has 1 nitrogen and oxygen atoms in total. The van der Waals surface area contributed by atoms with Crippen LogP contribution < -0.4 is 5.73 Å². The molecule has 0 rings (SSSR count). The lowest BCUT2D eigenvalue weighted by Crippen LogP contribution is -2.44. The molecule has 16 heavy (non-hydrogen) atoms. The van der Waals surface area contributed by atoms with Crippen molar-refractivity contribution in [2.45, 2.75) is 74.3 Å². The molecule has 0 heterocycles. The summed E-state index contributed by atoms with van der Waals surface area (Å²) in [6.45, 7) is 18.7. The van der Waals surface area contributed by atoms with E-state index in [1.165, 1.54) is 6.42 Å². The first-order valence-corrected chi connectivity index (χ1v) is 6.81. The largest absolute Gasteiger partial charge is 0.328 e. The standard InChI is InChI=1S/C15H33N/c1-9-11(2)13(4)15(8,10-12(3)16)14(5,6)7/h11-13H,9-10,16H2,1-8H3. The summed E-state index contributed by atoms with van der Waals surface area (Å²) in [6.07, 6.45) is 2.37. The molecule has 1 heteroatoms. The summed E-state index contributed by atoms with van der Waals surface area (Å²) in [4.78, 5) is 0. The average molecular weight is 227 g/mol. The smallest absolute Gasteiger partial charge is 0.00159 e. The van der Waals surface area contributed by atoms with Gasteiger partial charge in [0.25, 0.3) is 0 Å². The zero-order valence-corrected chi connectivity index (χ0v) is 12.7. The molecule has 0 aromatic rings. The molecule has 4 atom stereocenters. The maximum Gasteiger partial charge on any atom is 0.00159 e. The zero-order valence-electron chi connectivity index (χ0n) is 12.7. The molecular weight excluding hydrogens is 194 g/mol. The number of hydrogen-bond donors (Lipinski definition) is 1. The highest BCUT2D eigenvalue weighted by molar-refractivity contribution is 4.93. The maximum absolute atomic E-state index is 6.05.